The lowest BCUT2D eigenvalue weighted by atomic mass is 10.1. The van der Waals surface area contributed by atoms with Gasteiger partial charge in [-0.2, -0.15) is 0 Å². The van der Waals surface area contributed by atoms with Gasteiger partial charge < -0.3 is 14.3 Å². The van der Waals surface area contributed by atoms with E-state index in [0.29, 0.717) is 18.5 Å². The van der Waals surface area contributed by atoms with Crippen LogP contribution in [0, 0.1) is 0 Å². The molecule has 1 aromatic rings. The van der Waals surface area contributed by atoms with Gasteiger partial charge in [-0.3, -0.25) is 0 Å². The van der Waals surface area contributed by atoms with Gasteiger partial charge in [0.25, 0.3) is 0 Å². The summed E-state index contributed by atoms with van der Waals surface area (Å²) in [6.45, 7) is 0.494. The predicted octanol–water partition coefficient (Wildman–Crippen LogP) is 3.01. The van der Waals surface area contributed by atoms with E-state index in [-0.39, 0.29) is 6.61 Å². The quantitative estimate of drug-likeness (QED) is 0.799. The van der Waals surface area contributed by atoms with Gasteiger partial charge in [-0.15, -0.1) is 0 Å². The molecule has 0 saturated heterocycles. The lowest BCUT2D eigenvalue weighted by Crippen LogP contribution is -2.11. The maximum atomic E-state index is 8.87. The molecule has 1 aliphatic carbocycles. The van der Waals surface area contributed by atoms with Crippen LogP contribution < -0.4 is 0 Å². The van der Waals surface area contributed by atoms with Gasteiger partial charge in [0.2, 0.25) is 0 Å². The van der Waals surface area contributed by atoms with Crippen LogP contribution in [-0.4, -0.2) is 11.2 Å². The van der Waals surface area contributed by atoms with E-state index < -0.39 is 0 Å². The first-order valence-electron chi connectivity index (χ1n) is 6.18. The van der Waals surface area contributed by atoms with Crippen molar-refractivity contribution in [2.75, 3.05) is 0 Å². The minimum absolute atomic E-state index is 0.0383. The molecule has 1 N–H and O–H groups in total. The summed E-state index contributed by atoms with van der Waals surface area (Å²) < 4.78 is 11.2. The first-order chi connectivity index (χ1) is 7.88. The third kappa shape index (κ3) is 3.35. The molecule has 16 heavy (non-hydrogen) atoms. The number of hydrogen-bond acceptors (Lipinski definition) is 3. The highest BCUT2D eigenvalue weighted by Gasteiger charge is 2.13. The van der Waals surface area contributed by atoms with Crippen LogP contribution in [0.15, 0.2) is 16.5 Å². The van der Waals surface area contributed by atoms with Crippen LogP contribution in [0.1, 0.15) is 50.0 Å². The molecule has 0 bridgehead atoms. The number of aliphatic hydroxyl groups is 1. The van der Waals surface area contributed by atoms with Crippen molar-refractivity contribution in [3.05, 3.63) is 23.7 Å². The van der Waals surface area contributed by atoms with Crippen LogP contribution in [0.25, 0.3) is 0 Å². The largest absolute Gasteiger partial charge is 0.461 e. The second kappa shape index (κ2) is 6.06. The first kappa shape index (κ1) is 11.7. The fourth-order valence-corrected chi connectivity index (χ4v) is 2.19. The summed E-state index contributed by atoms with van der Waals surface area (Å²) in [5, 5.41) is 8.87. The Kier molecular flexibility index (Phi) is 4.43. The molecule has 0 spiro atoms. The van der Waals surface area contributed by atoms with Gasteiger partial charge in [-0.25, -0.2) is 0 Å². The lowest BCUT2D eigenvalue weighted by Gasteiger charge is -2.13. The van der Waals surface area contributed by atoms with Crippen molar-refractivity contribution in [3.63, 3.8) is 0 Å². The summed E-state index contributed by atoms with van der Waals surface area (Å²) >= 11 is 0. The molecule has 0 amide bonds. The van der Waals surface area contributed by atoms with Crippen molar-refractivity contribution in [1.29, 1.82) is 0 Å². The van der Waals surface area contributed by atoms with Crippen molar-refractivity contribution in [1.82, 2.24) is 0 Å². The van der Waals surface area contributed by atoms with Crippen LogP contribution in [0.3, 0.4) is 0 Å². The van der Waals surface area contributed by atoms with E-state index in [2.05, 4.69) is 0 Å². The van der Waals surface area contributed by atoms with Gasteiger partial charge in [-0.1, -0.05) is 25.7 Å². The zero-order valence-electron chi connectivity index (χ0n) is 9.65. The molecule has 3 nitrogen and oxygen atoms in total. The van der Waals surface area contributed by atoms with Crippen LogP contribution in [0.2, 0.25) is 0 Å². The minimum atomic E-state index is -0.0383. The molecule has 0 atom stereocenters. The molecule has 1 saturated carbocycles. The fraction of sp³-hybridized carbons (Fsp3) is 0.692. The van der Waals surface area contributed by atoms with Gasteiger partial charge in [0.15, 0.2) is 0 Å². The SMILES string of the molecule is OCc1ccc(COC2CCCCCC2)o1. The Bertz CT molecular complexity index is 298. The molecule has 0 radical (unpaired) electrons. The summed E-state index contributed by atoms with van der Waals surface area (Å²) in [6, 6.07) is 3.67. The Morgan fingerprint density at radius 2 is 1.81 bits per heavy atom. The topological polar surface area (TPSA) is 42.6 Å². The molecular formula is C13H20O3. The van der Waals surface area contributed by atoms with Gasteiger partial charge in [0.05, 0.1) is 6.10 Å². The fourth-order valence-electron chi connectivity index (χ4n) is 2.19. The van der Waals surface area contributed by atoms with Crippen molar-refractivity contribution < 1.29 is 14.3 Å². The van der Waals surface area contributed by atoms with Crippen LogP contribution in [0.5, 0.6) is 0 Å². The Hall–Kier alpha value is -0.800. The zero-order valence-corrected chi connectivity index (χ0v) is 9.65. The number of furan rings is 1. The van der Waals surface area contributed by atoms with E-state index >= 15 is 0 Å². The normalized spacial score (nSPS) is 18.6. The Morgan fingerprint density at radius 3 is 2.44 bits per heavy atom. The molecule has 0 unspecified atom stereocenters. The smallest absolute Gasteiger partial charge is 0.130 e. The zero-order chi connectivity index (χ0) is 11.2. The van der Waals surface area contributed by atoms with Gasteiger partial charge in [-0.05, 0) is 25.0 Å². The number of hydrogen-bond donors (Lipinski definition) is 1. The van der Waals surface area contributed by atoms with Crippen molar-refractivity contribution in [2.24, 2.45) is 0 Å². The third-order valence-electron chi connectivity index (χ3n) is 3.14. The Labute approximate surface area is 96.4 Å². The molecule has 1 heterocycles. The highest BCUT2D eigenvalue weighted by molar-refractivity contribution is 5.05. The molecule has 0 aromatic carbocycles. The number of rotatable bonds is 4. The van der Waals surface area contributed by atoms with Crippen LogP contribution >= 0.6 is 0 Å². The highest BCUT2D eigenvalue weighted by atomic mass is 16.5. The average molecular weight is 224 g/mol. The Balaban J connectivity index is 1.77. The van der Waals surface area contributed by atoms with Crippen LogP contribution in [-0.2, 0) is 18.0 Å². The maximum Gasteiger partial charge on any atom is 0.130 e. The molecule has 90 valence electrons. The first-order valence-corrected chi connectivity index (χ1v) is 6.18. The van der Waals surface area contributed by atoms with Crippen molar-refractivity contribution in [2.45, 2.75) is 57.8 Å². The highest BCUT2D eigenvalue weighted by Crippen LogP contribution is 2.21. The predicted molar refractivity (Wildman–Crippen MR) is 60.9 cm³/mol. The van der Waals surface area contributed by atoms with Gasteiger partial charge >= 0.3 is 0 Å². The molecule has 1 fully saturated rings. The van der Waals surface area contributed by atoms with E-state index in [1.165, 1.54) is 38.5 Å². The van der Waals surface area contributed by atoms with Gasteiger partial charge in [0.1, 0.15) is 24.7 Å². The van der Waals surface area contributed by atoms with E-state index in [0.717, 1.165) is 5.76 Å². The van der Waals surface area contributed by atoms with Crippen LogP contribution in [0.4, 0.5) is 0 Å². The third-order valence-corrected chi connectivity index (χ3v) is 3.14. The van der Waals surface area contributed by atoms with E-state index in [1.807, 2.05) is 6.07 Å². The Morgan fingerprint density at radius 1 is 1.12 bits per heavy atom. The molecular weight excluding hydrogens is 204 g/mol. The summed E-state index contributed by atoms with van der Waals surface area (Å²) in [5.74, 6) is 1.42. The van der Waals surface area contributed by atoms with Gasteiger partial charge in [0, 0.05) is 0 Å². The molecule has 2 rings (SSSR count). The molecule has 1 aromatic heterocycles. The van der Waals surface area contributed by atoms with E-state index in [1.54, 1.807) is 6.07 Å². The molecule has 3 heteroatoms. The summed E-state index contributed by atoms with van der Waals surface area (Å²) in [5.41, 5.74) is 0. The monoisotopic (exact) mass is 224 g/mol. The molecule has 1 aliphatic rings. The average Bonchev–Trinajstić information content (AvgIpc) is 2.61. The summed E-state index contributed by atoms with van der Waals surface area (Å²) in [4.78, 5) is 0. The lowest BCUT2D eigenvalue weighted by molar-refractivity contribution is 0.0210. The molecule has 0 aliphatic heterocycles. The number of aliphatic hydroxyl groups excluding tert-OH is 1. The standard InChI is InChI=1S/C13H20O3/c14-9-12-7-8-13(16-12)10-15-11-5-3-1-2-4-6-11/h7-8,11,14H,1-6,9-10H2. The van der Waals surface area contributed by atoms with Crippen molar-refractivity contribution in [3.8, 4) is 0 Å². The maximum absolute atomic E-state index is 8.87. The minimum Gasteiger partial charge on any atom is -0.461 e. The van der Waals surface area contributed by atoms with E-state index in [9.17, 15) is 0 Å². The van der Waals surface area contributed by atoms with E-state index in [4.69, 9.17) is 14.3 Å². The van der Waals surface area contributed by atoms with Crippen molar-refractivity contribution >= 4 is 0 Å². The second-order valence-corrected chi connectivity index (χ2v) is 4.45. The second-order valence-electron chi connectivity index (χ2n) is 4.45. The summed E-state index contributed by atoms with van der Waals surface area (Å²) in [6.07, 6.45) is 7.99. The summed E-state index contributed by atoms with van der Waals surface area (Å²) in [7, 11) is 0. The number of ether oxygens (including phenoxy) is 1.